The molecule has 22 heavy (non-hydrogen) atoms. The predicted molar refractivity (Wildman–Crippen MR) is 89.9 cm³/mol. The molecule has 2 N–H and O–H groups in total. The monoisotopic (exact) mass is 300 g/mol. The van der Waals surface area contributed by atoms with Gasteiger partial charge >= 0.3 is 0 Å². The summed E-state index contributed by atoms with van der Waals surface area (Å²) in [5.41, 5.74) is 4.03. The molecular formula is C19H24O3. The van der Waals surface area contributed by atoms with Gasteiger partial charge in [-0.15, -0.1) is 0 Å². The number of aromatic hydroxyl groups is 2. The quantitative estimate of drug-likeness (QED) is 0.846. The minimum absolute atomic E-state index is 0.0449. The Hall–Kier alpha value is -2.16. The fraction of sp³-hybridized carbons (Fsp3) is 0.368. The molecule has 0 aliphatic heterocycles. The first-order chi connectivity index (χ1) is 10.1. The predicted octanol–water partition coefficient (Wildman–Crippen LogP) is 4.69. The summed E-state index contributed by atoms with van der Waals surface area (Å²) in [6.45, 7) is 10.2. The molecule has 0 aromatic heterocycles. The lowest BCUT2D eigenvalue weighted by atomic mass is 9.83. The minimum Gasteiger partial charge on any atom is -0.507 e. The lowest BCUT2D eigenvalue weighted by Crippen LogP contribution is -2.11. The summed E-state index contributed by atoms with van der Waals surface area (Å²) >= 11 is 0. The molecule has 0 atom stereocenters. The van der Waals surface area contributed by atoms with E-state index in [0.717, 1.165) is 16.7 Å². The number of methoxy groups -OCH3 is 1. The van der Waals surface area contributed by atoms with E-state index < -0.39 is 0 Å². The molecule has 0 heterocycles. The largest absolute Gasteiger partial charge is 0.507 e. The second kappa shape index (κ2) is 5.56. The van der Waals surface area contributed by atoms with Gasteiger partial charge in [0, 0.05) is 11.1 Å². The van der Waals surface area contributed by atoms with Crippen molar-refractivity contribution in [2.24, 2.45) is 0 Å². The van der Waals surface area contributed by atoms with Crippen LogP contribution in [0.5, 0.6) is 17.2 Å². The first kappa shape index (κ1) is 16.2. The molecule has 0 fully saturated rings. The van der Waals surface area contributed by atoms with Crippen molar-refractivity contribution in [3.05, 3.63) is 41.0 Å². The summed E-state index contributed by atoms with van der Waals surface area (Å²) < 4.78 is 5.22. The van der Waals surface area contributed by atoms with Gasteiger partial charge in [0.1, 0.15) is 5.75 Å². The molecule has 0 unspecified atom stereocenters. The third-order valence-electron chi connectivity index (χ3n) is 3.90. The van der Waals surface area contributed by atoms with Gasteiger partial charge in [0.25, 0.3) is 0 Å². The number of hydrogen-bond acceptors (Lipinski definition) is 3. The van der Waals surface area contributed by atoms with Crippen LogP contribution in [-0.2, 0) is 5.41 Å². The molecule has 0 spiro atoms. The van der Waals surface area contributed by atoms with Crippen molar-refractivity contribution >= 4 is 0 Å². The van der Waals surface area contributed by atoms with Gasteiger partial charge < -0.3 is 14.9 Å². The normalized spacial score (nSPS) is 11.5. The second-order valence-electron chi connectivity index (χ2n) is 6.80. The summed E-state index contributed by atoms with van der Waals surface area (Å²) in [7, 11) is 1.52. The number of rotatable bonds is 2. The Morgan fingerprint density at radius 2 is 1.45 bits per heavy atom. The molecule has 0 saturated carbocycles. The Kier molecular flexibility index (Phi) is 4.10. The second-order valence-corrected chi connectivity index (χ2v) is 6.80. The zero-order valence-corrected chi connectivity index (χ0v) is 14.1. The van der Waals surface area contributed by atoms with Gasteiger partial charge in [-0.2, -0.15) is 0 Å². The van der Waals surface area contributed by atoms with E-state index >= 15 is 0 Å². The zero-order chi connectivity index (χ0) is 16.7. The highest BCUT2D eigenvalue weighted by Gasteiger charge is 2.21. The van der Waals surface area contributed by atoms with Crippen LogP contribution >= 0.6 is 0 Å². The number of phenols is 2. The van der Waals surface area contributed by atoms with Gasteiger partial charge in [-0.3, -0.25) is 0 Å². The van der Waals surface area contributed by atoms with Crippen molar-refractivity contribution in [3.8, 4) is 28.4 Å². The molecule has 2 aromatic rings. The molecule has 0 aliphatic rings. The van der Waals surface area contributed by atoms with Crippen LogP contribution in [-0.4, -0.2) is 17.3 Å². The lowest BCUT2D eigenvalue weighted by Gasteiger charge is -2.22. The van der Waals surface area contributed by atoms with E-state index in [-0.39, 0.29) is 16.9 Å². The molecule has 0 aliphatic carbocycles. The summed E-state index contributed by atoms with van der Waals surface area (Å²) in [4.78, 5) is 0. The fourth-order valence-electron chi connectivity index (χ4n) is 2.52. The third kappa shape index (κ3) is 2.89. The topological polar surface area (TPSA) is 49.7 Å². The van der Waals surface area contributed by atoms with Gasteiger partial charge in [0.15, 0.2) is 11.5 Å². The van der Waals surface area contributed by atoms with Crippen LogP contribution in [0.15, 0.2) is 24.3 Å². The fourth-order valence-corrected chi connectivity index (χ4v) is 2.52. The number of hydrogen-bond donors (Lipinski definition) is 2. The highest BCUT2D eigenvalue weighted by Crippen LogP contribution is 2.44. The molecule has 0 saturated heterocycles. The van der Waals surface area contributed by atoms with Gasteiger partial charge in [-0.25, -0.2) is 0 Å². The Labute approximate surface area is 132 Å². The summed E-state index contributed by atoms with van der Waals surface area (Å²) in [6, 6.07) is 7.56. The van der Waals surface area contributed by atoms with Crippen LogP contribution in [0.4, 0.5) is 0 Å². The Morgan fingerprint density at radius 1 is 0.864 bits per heavy atom. The molecule has 0 amide bonds. The molecular weight excluding hydrogens is 276 g/mol. The van der Waals surface area contributed by atoms with Gasteiger partial charge in [-0.1, -0.05) is 26.8 Å². The average molecular weight is 300 g/mol. The lowest BCUT2D eigenvalue weighted by molar-refractivity contribution is 0.374. The maximum atomic E-state index is 10.5. The van der Waals surface area contributed by atoms with E-state index in [0.29, 0.717) is 16.9 Å². The maximum absolute atomic E-state index is 10.5. The molecule has 3 heteroatoms. The Morgan fingerprint density at radius 3 is 2.00 bits per heavy atom. The van der Waals surface area contributed by atoms with Crippen LogP contribution < -0.4 is 4.74 Å². The highest BCUT2D eigenvalue weighted by atomic mass is 16.5. The zero-order valence-electron chi connectivity index (χ0n) is 14.1. The van der Waals surface area contributed by atoms with Crippen LogP contribution in [0.2, 0.25) is 0 Å². The number of phenolic OH excluding ortho intramolecular Hbond substituents is 2. The Balaban J connectivity index is 2.78. The van der Waals surface area contributed by atoms with Crippen molar-refractivity contribution < 1.29 is 14.9 Å². The van der Waals surface area contributed by atoms with Gasteiger partial charge in [-0.05, 0) is 54.2 Å². The van der Waals surface area contributed by atoms with Crippen molar-refractivity contribution in [2.45, 2.75) is 40.0 Å². The van der Waals surface area contributed by atoms with Crippen LogP contribution in [0.3, 0.4) is 0 Å². The van der Waals surface area contributed by atoms with Gasteiger partial charge in [0.05, 0.1) is 7.11 Å². The van der Waals surface area contributed by atoms with Crippen molar-refractivity contribution in [1.29, 1.82) is 0 Å². The first-order valence-corrected chi connectivity index (χ1v) is 7.37. The van der Waals surface area contributed by atoms with Crippen LogP contribution in [0, 0.1) is 13.8 Å². The maximum Gasteiger partial charge on any atom is 0.165 e. The molecule has 0 radical (unpaired) electrons. The van der Waals surface area contributed by atoms with Gasteiger partial charge in [0.2, 0.25) is 0 Å². The molecule has 2 rings (SSSR count). The SMILES string of the molecule is COc1cc(C)cc(-c2cc(C(C)(C)C)cc(C)c2O)c1O. The molecule has 3 nitrogen and oxygen atoms in total. The van der Waals surface area contributed by atoms with Crippen molar-refractivity contribution in [2.75, 3.05) is 7.11 Å². The van der Waals surface area contributed by atoms with Crippen LogP contribution in [0.25, 0.3) is 11.1 Å². The molecule has 0 bridgehead atoms. The summed E-state index contributed by atoms with van der Waals surface area (Å²) in [6.07, 6.45) is 0. The van der Waals surface area contributed by atoms with E-state index in [1.165, 1.54) is 7.11 Å². The first-order valence-electron chi connectivity index (χ1n) is 7.37. The minimum atomic E-state index is -0.0449. The van der Waals surface area contributed by atoms with E-state index in [1.54, 1.807) is 6.07 Å². The number of aryl methyl sites for hydroxylation is 2. The standard InChI is InChI=1S/C19H24O3/c1-11-7-14(18(21)16(8-11)22-6)15-10-13(19(3,4)5)9-12(2)17(15)20/h7-10,20-21H,1-6H3. The van der Waals surface area contributed by atoms with E-state index in [1.807, 2.05) is 32.0 Å². The van der Waals surface area contributed by atoms with Crippen LogP contribution in [0.1, 0.15) is 37.5 Å². The van der Waals surface area contributed by atoms with Crippen molar-refractivity contribution in [1.82, 2.24) is 0 Å². The smallest absolute Gasteiger partial charge is 0.165 e. The average Bonchev–Trinajstić information content (AvgIpc) is 2.42. The summed E-state index contributed by atoms with van der Waals surface area (Å²) in [5, 5.41) is 20.9. The third-order valence-corrected chi connectivity index (χ3v) is 3.90. The number of ether oxygens (including phenoxy) is 1. The summed E-state index contributed by atoms with van der Waals surface area (Å²) in [5.74, 6) is 0.651. The van der Waals surface area contributed by atoms with E-state index in [9.17, 15) is 10.2 Å². The Bertz CT molecular complexity index is 710. The van der Waals surface area contributed by atoms with Crippen molar-refractivity contribution in [3.63, 3.8) is 0 Å². The van der Waals surface area contributed by atoms with E-state index in [4.69, 9.17) is 4.74 Å². The van der Waals surface area contributed by atoms with E-state index in [2.05, 4.69) is 20.8 Å². The highest BCUT2D eigenvalue weighted by molar-refractivity contribution is 5.80. The molecule has 2 aromatic carbocycles. The number of benzene rings is 2. The molecule has 118 valence electrons.